The van der Waals surface area contributed by atoms with Crippen LogP contribution in [0.1, 0.15) is 27.9 Å². The zero-order chi connectivity index (χ0) is 21.8. The molecule has 1 fully saturated rings. The number of hydrogen-bond donors (Lipinski definition) is 3. The molecule has 1 aliphatic rings. The van der Waals surface area contributed by atoms with Crippen molar-refractivity contribution in [1.29, 1.82) is 0 Å². The van der Waals surface area contributed by atoms with Gasteiger partial charge in [-0.1, -0.05) is 30.0 Å². The van der Waals surface area contributed by atoms with Crippen molar-refractivity contribution in [3.63, 3.8) is 0 Å². The third kappa shape index (κ3) is 5.18. The summed E-state index contributed by atoms with van der Waals surface area (Å²) in [6, 6.07) is 12.6. The second-order valence-corrected chi connectivity index (χ2v) is 7.64. The van der Waals surface area contributed by atoms with Crippen LogP contribution < -0.4 is 5.56 Å². The van der Waals surface area contributed by atoms with Crippen LogP contribution in [0.15, 0.2) is 53.6 Å². The fourth-order valence-corrected chi connectivity index (χ4v) is 3.45. The Morgan fingerprint density at radius 1 is 1.10 bits per heavy atom. The van der Waals surface area contributed by atoms with E-state index in [1.165, 1.54) is 12.4 Å². The number of aliphatic hydroxyl groups excluding tert-OH is 1. The maximum atomic E-state index is 14.5. The van der Waals surface area contributed by atoms with Crippen LogP contribution in [0.3, 0.4) is 0 Å². The smallest absolute Gasteiger partial charge is 0.293 e. The Labute approximate surface area is 179 Å². The molecule has 1 aliphatic heterocycles. The number of halogens is 1. The molecule has 2 aromatic carbocycles. The van der Waals surface area contributed by atoms with Crippen molar-refractivity contribution < 1.29 is 14.6 Å². The van der Waals surface area contributed by atoms with Gasteiger partial charge in [-0.15, -0.1) is 0 Å². The maximum Gasteiger partial charge on any atom is 0.293 e. The van der Waals surface area contributed by atoms with Gasteiger partial charge in [0.25, 0.3) is 5.56 Å². The molecule has 4 rings (SSSR count). The van der Waals surface area contributed by atoms with Gasteiger partial charge in [-0.05, 0) is 48.2 Å². The summed E-state index contributed by atoms with van der Waals surface area (Å²) in [4.78, 5) is 19.8. The first-order chi connectivity index (χ1) is 15.0. The maximum absolute atomic E-state index is 14.5. The predicted octanol–water partition coefficient (Wildman–Crippen LogP) is 1.98. The van der Waals surface area contributed by atoms with E-state index in [1.54, 1.807) is 12.1 Å². The molecule has 0 bridgehead atoms. The number of hydrogen-bond acceptors (Lipinski definition) is 5. The molecule has 6 nitrogen and oxygen atoms in total. The van der Waals surface area contributed by atoms with Gasteiger partial charge in [-0.25, -0.2) is 9.37 Å². The Morgan fingerprint density at radius 3 is 2.55 bits per heavy atom. The van der Waals surface area contributed by atoms with Crippen LogP contribution in [0.5, 0.6) is 5.75 Å². The highest BCUT2D eigenvalue weighted by molar-refractivity contribution is 5.45. The van der Waals surface area contributed by atoms with Crippen LogP contribution in [-0.4, -0.2) is 44.3 Å². The van der Waals surface area contributed by atoms with Gasteiger partial charge in [0.05, 0.1) is 23.7 Å². The van der Waals surface area contributed by atoms with Crippen LogP contribution in [0.25, 0.3) is 0 Å². The zero-order valence-electron chi connectivity index (χ0n) is 16.8. The van der Waals surface area contributed by atoms with Crippen molar-refractivity contribution in [2.24, 2.45) is 0 Å². The largest absolute Gasteiger partial charge is 0.502 e. The molecule has 0 atom stereocenters. The van der Waals surface area contributed by atoms with Crippen molar-refractivity contribution in [2.75, 3.05) is 13.1 Å². The van der Waals surface area contributed by atoms with Gasteiger partial charge in [-0.3, -0.25) is 9.69 Å². The average molecular weight is 419 g/mol. The molecule has 0 radical (unpaired) electrons. The monoisotopic (exact) mass is 419 g/mol. The van der Waals surface area contributed by atoms with E-state index in [-0.39, 0.29) is 11.8 Å². The average Bonchev–Trinajstić information content (AvgIpc) is 2.74. The highest BCUT2D eigenvalue weighted by atomic mass is 19.1. The normalized spacial score (nSPS) is 14.0. The summed E-state index contributed by atoms with van der Waals surface area (Å²) in [6.07, 6.45) is 1.78. The molecule has 0 unspecified atom stereocenters. The van der Waals surface area contributed by atoms with Gasteiger partial charge in [0.1, 0.15) is 5.82 Å². The van der Waals surface area contributed by atoms with E-state index >= 15 is 0 Å². The lowest BCUT2D eigenvalue weighted by molar-refractivity contribution is -0.00286. The fourth-order valence-electron chi connectivity index (χ4n) is 3.45. The quantitative estimate of drug-likeness (QED) is 0.551. The second-order valence-electron chi connectivity index (χ2n) is 7.64. The fraction of sp³-hybridized carbons (Fsp3) is 0.250. The topological polar surface area (TPSA) is 89.5 Å². The number of nitrogens with zero attached hydrogens (tertiary/aromatic N) is 2. The molecule has 1 aromatic heterocycles. The third-order valence-corrected chi connectivity index (χ3v) is 5.23. The van der Waals surface area contributed by atoms with Gasteiger partial charge in [0.15, 0.2) is 0 Å². The van der Waals surface area contributed by atoms with E-state index in [2.05, 4.69) is 26.7 Å². The molecular formula is C24H22FN3O3. The number of β-amino-alcohol motifs (C(OH)–C–C–N with tert-alkyl or cyclic N) is 1. The number of aryl methyl sites for hydroxylation is 2. The Morgan fingerprint density at radius 2 is 1.84 bits per heavy atom. The summed E-state index contributed by atoms with van der Waals surface area (Å²) in [5.74, 6) is 5.03. The summed E-state index contributed by atoms with van der Waals surface area (Å²) < 4.78 is 14.5. The van der Waals surface area contributed by atoms with E-state index in [0.29, 0.717) is 31.5 Å². The zero-order valence-corrected chi connectivity index (χ0v) is 16.8. The first-order valence-electron chi connectivity index (χ1n) is 10.0. The van der Waals surface area contributed by atoms with Crippen molar-refractivity contribution in [3.8, 4) is 17.6 Å². The van der Waals surface area contributed by atoms with E-state index in [4.69, 9.17) is 0 Å². The number of aromatic nitrogens is 2. The SMILES string of the molecule is O=c1[nH]cnc(CCc2ccc(C#Cc3ccc(CN4CC(O)C4)cc3)c(F)c2)c1O. The van der Waals surface area contributed by atoms with Crippen LogP contribution in [0.4, 0.5) is 4.39 Å². The Hall–Kier alpha value is -3.47. The molecular weight excluding hydrogens is 397 g/mol. The number of nitrogens with one attached hydrogen (secondary N) is 1. The van der Waals surface area contributed by atoms with Crippen LogP contribution in [-0.2, 0) is 19.4 Å². The molecule has 2 heterocycles. The number of aliphatic hydroxyl groups is 1. The Bertz CT molecular complexity index is 1190. The molecule has 31 heavy (non-hydrogen) atoms. The predicted molar refractivity (Wildman–Crippen MR) is 114 cm³/mol. The molecule has 0 aliphatic carbocycles. The Kier molecular flexibility index (Phi) is 6.12. The van der Waals surface area contributed by atoms with Crippen LogP contribution >= 0.6 is 0 Å². The highest BCUT2D eigenvalue weighted by Crippen LogP contribution is 2.16. The van der Waals surface area contributed by atoms with Gasteiger partial charge < -0.3 is 15.2 Å². The van der Waals surface area contributed by atoms with E-state index in [9.17, 15) is 19.4 Å². The minimum atomic E-state index is -0.589. The minimum Gasteiger partial charge on any atom is -0.502 e. The lowest BCUT2D eigenvalue weighted by atomic mass is 10.0. The molecule has 3 N–H and O–H groups in total. The summed E-state index contributed by atoms with van der Waals surface area (Å²) >= 11 is 0. The molecule has 0 spiro atoms. The van der Waals surface area contributed by atoms with Gasteiger partial charge in [0, 0.05) is 25.2 Å². The highest BCUT2D eigenvalue weighted by Gasteiger charge is 2.23. The van der Waals surface area contributed by atoms with Crippen molar-refractivity contribution in [1.82, 2.24) is 14.9 Å². The molecule has 7 heteroatoms. The van der Waals surface area contributed by atoms with Crippen LogP contribution in [0, 0.1) is 17.7 Å². The lowest BCUT2D eigenvalue weighted by Crippen LogP contribution is -2.49. The minimum absolute atomic E-state index is 0.210. The van der Waals surface area contributed by atoms with E-state index < -0.39 is 17.1 Å². The van der Waals surface area contributed by atoms with Gasteiger partial charge >= 0.3 is 0 Å². The van der Waals surface area contributed by atoms with Crippen LogP contribution in [0.2, 0.25) is 0 Å². The molecule has 0 saturated carbocycles. The number of rotatable bonds is 5. The lowest BCUT2D eigenvalue weighted by Gasteiger charge is -2.35. The summed E-state index contributed by atoms with van der Waals surface area (Å²) in [7, 11) is 0. The number of benzene rings is 2. The number of H-pyrrole nitrogens is 1. The summed E-state index contributed by atoms with van der Waals surface area (Å²) in [5.41, 5.74) is 2.67. The van der Waals surface area contributed by atoms with Gasteiger partial charge in [-0.2, -0.15) is 0 Å². The molecule has 0 amide bonds. The summed E-state index contributed by atoms with van der Waals surface area (Å²) in [5, 5.41) is 19.1. The van der Waals surface area contributed by atoms with Crippen molar-refractivity contribution in [2.45, 2.75) is 25.5 Å². The molecule has 158 valence electrons. The first kappa shape index (κ1) is 20.8. The second kappa shape index (κ2) is 9.13. The van der Waals surface area contributed by atoms with E-state index in [1.807, 2.05) is 24.3 Å². The van der Waals surface area contributed by atoms with Crippen molar-refractivity contribution >= 4 is 0 Å². The summed E-state index contributed by atoms with van der Waals surface area (Å²) in [6.45, 7) is 2.21. The standard InChI is InChI=1S/C24H22FN3O3/c25-21-11-17(7-10-22-23(30)24(31)27-15-26-22)6-9-19(21)8-5-16-1-3-18(4-2-16)12-28-13-20(29)14-28/h1-4,6,9,11,15,20,29-30H,7,10,12-14H2,(H,26,27,31). The van der Waals surface area contributed by atoms with E-state index in [0.717, 1.165) is 23.2 Å². The first-order valence-corrected chi connectivity index (χ1v) is 10.0. The molecule has 1 saturated heterocycles. The number of likely N-dealkylation sites (tertiary alicyclic amines) is 1. The Balaban J connectivity index is 1.38. The third-order valence-electron chi connectivity index (χ3n) is 5.23. The number of aromatic hydroxyl groups is 1. The van der Waals surface area contributed by atoms with Gasteiger partial charge in [0.2, 0.25) is 5.75 Å². The number of aromatic amines is 1. The molecule has 3 aromatic rings. The van der Waals surface area contributed by atoms with Crippen molar-refractivity contribution in [3.05, 3.63) is 92.9 Å².